The number of hydrogen-bond donors (Lipinski definition) is 1. The Kier molecular flexibility index (Phi) is 2.02. The molecule has 0 spiro atoms. The number of amides is 1. The monoisotopic (exact) mass is 181 g/mol. The van der Waals surface area contributed by atoms with Gasteiger partial charge in [0.2, 0.25) is 0 Å². The molecule has 0 saturated carbocycles. The molecule has 2 heterocycles. The highest BCUT2D eigenvalue weighted by molar-refractivity contribution is 5.82. The van der Waals surface area contributed by atoms with E-state index < -0.39 is 6.10 Å². The second-order valence-electron chi connectivity index (χ2n) is 3.02. The summed E-state index contributed by atoms with van der Waals surface area (Å²) in [6.07, 6.45) is 4.77. The molecule has 0 aliphatic carbocycles. The fourth-order valence-electron chi connectivity index (χ4n) is 1.45. The van der Waals surface area contributed by atoms with E-state index in [9.17, 15) is 9.90 Å². The van der Waals surface area contributed by atoms with E-state index in [0.717, 1.165) is 0 Å². The van der Waals surface area contributed by atoms with Crippen molar-refractivity contribution in [2.75, 3.05) is 13.1 Å². The van der Waals surface area contributed by atoms with E-state index in [4.69, 9.17) is 0 Å². The number of nitrogens with zero attached hydrogens (tertiary/aromatic N) is 3. The molecule has 13 heavy (non-hydrogen) atoms. The predicted molar refractivity (Wildman–Crippen MR) is 46.7 cm³/mol. The highest BCUT2D eigenvalue weighted by Gasteiger charge is 2.32. The Bertz CT molecular complexity index is 275. The Labute approximate surface area is 75.9 Å². The average molecular weight is 181 g/mol. The molecular formula is C8H11N3O2. The van der Waals surface area contributed by atoms with Crippen molar-refractivity contribution in [1.29, 1.82) is 0 Å². The molecule has 0 aromatic heterocycles. The van der Waals surface area contributed by atoms with Crippen LogP contribution in [0.15, 0.2) is 17.4 Å². The molecule has 5 nitrogen and oxygen atoms in total. The summed E-state index contributed by atoms with van der Waals surface area (Å²) in [7, 11) is 0. The molecular weight excluding hydrogens is 170 g/mol. The van der Waals surface area contributed by atoms with E-state index in [2.05, 4.69) is 4.99 Å². The molecule has 1 fully saturated rings. The molecule has 1 saturated heterocycles. The smallest absolute Gasteiger partial charge is 0.269 e. The molecule has 0 bridgehead atoms. The molecule has 2 aliphatic rings. The minimum Gasteiger partial charge on any atom is -0.383 e. The molecule has 1 N–H and O–H groups in total. The van der Waals surface area contributed by atoms with Crippen LogP contribution in [0.1, 0.15) is 6.42 Å². The molecule has 1 amide bonds. The number of carbonyl (C=O) groups excluding carboxylic acids is 1. The summed E-state index contributed by atoms with van der Waals surface area (Å²) < 4.78 is 0. The Morgan fingerprint density at radius 3 is 3.00 bits per heavy atom. The first-order valence-corrected chi connectivity index (χ1v) is 4.23. The molecule has 0 aromatic rings. The minimum atomic E-state index is -0.827. The molecule has 1 atom stereocenters. The van der Waals surface area contributed by atoms with Gasteiger partial charge in [-0.1, -0.05) is 0 Å². The van der Waals surface area contributed by atoms with Gasteiger partial charge in [0.15, 0.2) is 0 Å². The topological polar surface area (TPSA) is 56.1 Å². The standard InChI is InChI=1S/C8H11N3O2/c12-7-1-4-11(8(7)13)10-5-2-9-3-6-10/h2-3,5,7,12H,1,4,6H2. The molecule has 2 rings (SSSR count). The third-order valence-electron chi connectivity index (χ3n) is 2.16. The molecule has 0 aromatic carbocycles. The van der Waals surface area contributed by atoms with Crippen LogP contribution in [-0.2, 0) is 4.79 Å². The van der Waals surface area contributed by atoms with Crippen molar-refractivity contribution in [1.82, 2.24) is 10.0 Å². The Hall–Kier alpha value is -1.36. The van der Waals surface area contributed by atoms with Gasteiger partial charge in [-0.25, -0.2) is 0 Å². The SMILES string of the molecule is O=C1C(O)CCN1N1C=CN=CC1. The largest absolute Gasteiger partial charge is 0.383 e. The van der Waals surface area contributed by atoms with E-state index in [1.165, 1.54) is 0 Å². The summed E-state index contributed by atoms with van der Waals surface area (Å²) in [5, 5.41) is 12.5. The number of rotatable bonds is 1. The number of aliphatic hydroxyl groups excluding tert-OH is 1. The number of hydrazine groups is 1. The molecule has 2 aliphatic heterocycles. The zero-order valence-electron chi connectivity index (χ0n) is 7.13. The van der Waals surface area contributed by atoms with Crippen LogP contribution in [0.2, 0.25) is 0 Å². The van der Waals surface area contributed by atoms with Gasteiger partial charge in [-0.05, 0) is 0 Å². The Balaban J connectivity index is 2.05. The van der Waals surface area contributed by atoms with Crippen molar-refractivity contribution >= 4 is 12.1 Å². The zero-order chi connectivity index (χ0) is 9.26. The van der Waals surface area contributed by atoms with Gasteiger partial charge < -0.3 is 5.11 Å². The van der Waals surface area contributed by atoms with Crippen LogP contribution in [0.3, 0.4) is 0 Å². The van der Waals surface area contributed by atoms with Crippen LogP contribution in [0.5, 0.6) is 0 Å². The lowest BCUT2D eigenvalue weighted by molar-refractivity contribution is -0.144. The molecule has 0 radical (unpaired) electrons. The van der Waals surface area contributed by atoms with E-state index in [0.29, 0.717) is 19.5 Å². The minimum absolute atomic E-state index is 0.222. The van der Waals surface area contributed by atoms with Crippen molar-refractivity contribution in [3.8, 4) is 0 Å². The van der Waals surface area contributed by atoms with E-state index >= 15 is 0 Å². The zero-order valence-corrected chi connectivity index (χ0v) is 7.13. The van der Waals surface area contributed by atoms with Gasteiger partial charge in [-0.15, -0.1) is 0 Å². The highest BCUT2D eigenvalue weighted by Crippen LogP contribution is 2.14. The lowest BCUT2D eigenvalue weighted by Crippen LogP contribution is -2.43. The van der Waals surface area contributed by atoms with Crippen LogP contribution in [0.4, 0.5) is 0 Å². The average Bonchev–Trinajstić information content (AvgIpc) is 2.49. The van der Waals surface area contributed by atoms with Gasteiger partial charge in [-0.3, -0.25) is 19.8 Å². The summed E-state index contributed by atoms with van der Waals surface area (Å²) in [5.41, 5.74) is 0. The normalized spacial score (nSPS) is 27.5. The first-order valence-electron chi connectivity index (χ1n) is 4.23. The first-order chi connectivity index (χ1) is 6.29. The number of aliphatic hydroxyl groups is 1. The third kappa shape index (κ3) is 1.42. The van der Waals surface area contributed by atoms with Gasteiger partial charge in [0.05, 0.1) is 6.54 Å². The van der Waals surface area contributed by atoms with Gasteiger partial charge in [0.25, 0.3) is 5.91 Å². The van der Waals surface area contributed by atoms with Crippen LogP contribution in [-0.4, -0.2) is 46.4 Å². The molecule has 1 unspecified atom stereocenters. The quantitative estimate of drug-likeness (QED) is 0.585. The maximum Gasteiger partial charge on any atom is 0.269 e. The summed E-state index contributed by atoms with van der Waals surface area (Å²) in [5.74, 6) is -0.222. The van der Waals surface area contributed by atoms with Gasteiger partial charge in [0.1, 0.15) is 6.10 Å². The maximum atomic E-state index is 11.4. The van der Waals surface area contributed by atoms with Crippen LogP contribution in [0, 0.1) is 0 Å². The lowest BCUT2D eigenvalue weighted by atomic mass is 10.3. The first kappa shape index (κ1) is 8.25. The summed E-state index contributed by atoms with van der Waals surface area (Å²) >= 11 is 0. The van der Waals surface area contributed by atoms with E-state index in [1.54, 1.807) is 28.6 Å². The van der Waals surface area contributed by atoms with E-state index in [1.807, 2.05) is 0 Å². The molecule has 70 valence electrons. The molecule has 5 heteroatoms. The van der Waals surface area contributed by atoms with Gasteiger partial charge in [-0.2, -0.15) is 0 Å². The number of hydrogen-bond acceptors (Lipinski definition) is 4. The van der Waals surface area contributed by atoms with E-state index in [-0.39, 0.29) is 5.91 Å². The summed E-state index contributed by atoms with van der Waals surface area (Å²) in [6, 6.07) is 0. The van der Waals surface area contributed by atoms with Crippen molar-refractivity contribution < 1.29 is 9.90 Å². The Morgan fingerprint density at radius 1 is 1.62 bits per heavy atom. The summed E-state index contributed by atoms with van der Waals surface area (Å²) in [6.45, 7) is 1.17. The maximum absolute atomic E-state index is 11.4. The highest BCUT2D eigenvalue weighted by atomic mass is 16.3. The number of aliphatic imine (C=N–C) groups is 1. The van der Waals surface area contributed by atoms with Crippen LogP contribution < -0.4 is 0 Å². The van der Waals surface area contributed by atoms with Crippen molar-refractivity contribution in [2.45, 2.75) is 12.5 Å². The second-order valence-corrected chi connectivity index (χ2v) is 3.02. The predicted octanol–water partition coefficient (Wildman–Crippen LogP) is -0.648. The van der Waals surface area contributed by atoms with Gasteiger partial charge >= 0.3 is 0 Å². The van der Waals surface area contributed by atoms with Crippen LogP contribution in [0.25, 0.3) is 0 Å². The van der Waals surface area contributed by atoms with Gasteiger partial charge in [0, 0.05) is 31.6 Å². The van der Waals surface area contributed by atoms with Crippen molar-refractivity contribution in [3.63, 3.8) is 0 Å². The number of carbonyl (C=O) groups is 1. The lowest BCUT2D eigenvalue weighted by Gasteiger charge is -2.29. The van der Waals surface area contributed by atoms with Crippen molar-refractivity contribution in [3.05, 3.63) is 12.4 Å². The second kappa shape index (κ2) is 3.18. The van der Waals surface area contributed by atoms with Crippen molar-refractivity contribution in [2.24, 2.45) is 4.99 Å². The fraction of sp³-hybridized carbons (Fsp3) is 0.500. The third-order valence-corrected chi connectivity index (χ3v) is 2.16. The van der Waals surface area contributed by atoms with Crippen LogP contribution >= 0.6 is 0 Å². The summed E-state index contributed by atoms with van der Waals surface area (Å²) in [4.78, 5) is 15.3. The fourth-order valence-corrected chi connectivity index (χ4v) is 1.45. The Morgan fingerprint density at radius 2 is 2.46 bits per heavy atom.